The highest BCUT2D eigenvalue weighted by atomic mass is 15.3. The Morgan fingerprint density at radius 2 is 1.85 bits per heavy atom. The van der Waals surface area contributed by atoms with Crippen LogP contribution in [0.15, 0.2) is 48.3 Å². The summed E-state index contributed by atoms with van der Waals surface area (Å²) in [6, 6.07) is 14.7. The lowest BCUT2D eigenvalue weighted by atomic mass is 10.3. The molecule has 6 heteroatoms. The van der Waals surface area contributed by atoms with Crippen molar-refractivity contribution in [2.24, 2.45) is 0 Å². The number of aromatic nitrogens is 2. The lowest BCUT2D eigenvalue weighted by Gasteiger charge is -2.07. The summed E-state index contributed by atoms with van der Waals surface area (Å²) in [6.07, 6.45) is 2.67. The van der Waals surface area contributed by atoms with Gasteiger partial charge in [-0.3, -0.25) is 0 Å². The topological polar surface area (TPSA) is 101 Å². The van der Waals surface area contributed by atoms with Crippen molar-refractivity contribution in [1.29, 1.82) is 15.8 Å². The van der Waals surface area contributed by atoms with Gasteiger partial charge in [0, 0.05) is 6.20 Å². The summed E-state index contributed by atoms with van der Waals surface area (Å²) >= 11 is 0. The average molecular weight is 260 g/mol. The minimum absolute atomic E-state index is 0.0882. The molecule has 2 aromatic rings. The largest absolute Gasteiger partial charge is 0.343 e. The van der Waals surface area contributed by atoms with E-state index in [1.54, 1.807) is 12.1 Å². The van der Waals surface area contributed by atoms with Crippen LogP contribution in [0.25, 0.3) is 5.69 Å². The van der Waals surface area contributed by atoms with Gasteiger partial charge in [-0.2, -0.15) is 20.9 Å². The highest BCUT2D eigenvalue weighted by Crippen LogP contribution is 2.19. The van der Waals surface area contributed by atoms with Crippen LogP contribution in [-0.4, -0.2) is 9.78 Å². The summed E-state index contributed by atoms with van der Waals surface area (Å²) < 4.78 is 1.53. The Balaban J connectivity index is 2.45. The van der Waals surface area contributed by atoms with Crippen LogP contribution < -0.4 is 5.32 Å². The molecule has 0 saturated carbocycles. The number of rotatable bonds is 3. The summed E-state index contributed by atoms with van der Waals surface area (Å²) in [6.45, 7) is 0. The zero-order chi connectivity index (χ0) is 14.4. The van der Waals surface area contributed by atoms with Gasteiger partial charge in [-0.1, -0.05) is 18.2 Å². The monoisotopic (exact) mass is 260 g/mol. The lowest BCUT2D eigenvalue weighted by Crippen LogP contribution is -2.03. The lowest BCUT2D eigenvalue weighted by molar-refractivity contribution is 0.887. The van der Waals surface area contributed by atoms with Crippen LogP contribution in [-0.2, 0) is 0 Å². The first-order chi connectivity index (χ1) is 9.80. The molecule has 1 N–H and O–H groups in total. The van der Waals surface area contributed by atoms with Crippen molar-refractivity contribution >= 4 is 5.82 Å². The zero-order valence-corrected chi connectivity index (χ0v) is 10.3. The number of hydrogen-bond acceptors (Lipinski definition) is 5. The highest BCUT2D eigenvalue weighted by Gasteiger charge is 2.11. The Bertz CT molecular complexity index is 749. The second-order valence-electron chi connectivity index (χ2n) is 3.69. The van der Waals surface area contributed by atoms with Crippen molar-refractivity contribution in [2.45, 2.75) is 0 Å². The van der Waals surface area contributed by atoms with Crippen molar-refractivity contribution in [2.75, 3.05) is 5.32 Å². The zero-order valence-electron chi connectivity index (χ0n) is 10.3. The van der Waals surface area contributed by atoms with E-state index in [1.807, 2.05) is 36.4 Å². The van der Waals surface area contributed by atoms with Gasteiger partial charge in [0.2, 0.25) is 0 Å². The SMILES string of the molecule is N#CC(C#N)=CNc1c(C#N)cnn1-c1ccccc1. The van der Waals surface area contributed by atoms with Gasteiger partial charge >= 0.3 is 0 Å². The molecule has 0 saturated heterocycles. The van der Waals surface area contributed by atoms with Crippen LogP contribution in [0.5, 0.6) is 0 Å². The van der Waals surface area contributed by atoms with Gasteiger partial charge < -0.3 is 5.32 Å². The molecule has 0 spiro atoms. The van der Waals surface area contributed by atoms with Crippen molar-refractivity contribution < 1.29 is 0 Å². The van der Waals surface area contributed by atoms with Gasteiger partial charge in [-0.05, 0) is 12.1 Å². The summed E-state index contributed by atoms with van der Waals surface area (Å²) in [5.74, 6) is 0.404. The van der Waals surface area contributed by atoms with E-state index in [2.05, 4.69) is 10.4 Å². The maximum Gasteiger partial charge on any atom is 0.151 e. The summed E-state index contributed by atoms with van der Waals surface area (Å²) in [5.41, 5.74) is 0.996. The van der Waals surface area contributed by atoms with Crippen LogP contribution in [0.2, 0.25) is 0 Å². The Kier molecular flexibility index (Phi) is 3.78. The molecule has 2 rings (SSSR count). The third-order valence-corrected chi connectivity index (χ3v) is 2.48. The van der Waals surface area contributed by atoms with E-state index in [9.17, 15) is 0 Å². The van der Waals surface area contributed by atoms with Crippen LogP contribution in [0.3, 0.4) is 0 Å². The first-order valence-electron chi connectivity index (χ1n) is 5.60. The highest BCUT2D eigenvalue weighted by molar-refractivity contribution is 5.58. The predicted molar refractivity (Wildman–Crippen MR) is 71.2 cm³/mol. The quantitative estimate of drug-likeness (QED) is 0.851. The third kappa shape index (κ3) is 2.48. The molecule has 0 aliphatic rings. The normalized spacial score (nSPS) is 8.85. The van der Waals surface area contributed by atoms with Crippen molar-refractivity contribution in [3.05, 3.63) is 53.9 Å². The summed E-state index contributed by atoms with van der Waals surface area (Å²) in [4.78, 5) is 0. The molecule has 0 bridgehead atoms. The second kappa shape index (κ2) is 5.86. The molecule has 0 fully saturated rings. The minimum Gasteiger partial charge on any atom is -0.343 e. The first-order valence-corrected chi connectivity index (χ1v) is 5.60. The van der Waals surface area contributed by atoms with Crippen LogP contribution in [0.1, 0.15) is 5.56 Å². The van der Waals surface area contributed by atoms with Crippen LogP contribution in [0, 0.1) is 34.0 Å². The van der Waals surface area contributed by atoms with Gasteiger partial charge in [0.15, 0.2) is 5.82 Å². The number of anilines is 1. The van der Waals surface area contributed by atoms with Gasteiger partial charge in [0.05, 0.1) is 11.9 Å². The molecule has 0 aliphatic carbocycles. The van der Waals surface area contributed by atoms with Gasteiger partial charge in [-0.25, -0.2) is 4.68 Å². The van der Waals surface area contributed by atoms with E-state index in [-0.39, 0.29) is 5.57 Å². The fourth-order valence-electron chi connectivity index (χ4n) is 1.56. The Morgan fingerprint density at radius 1 is 1.15 bits per heavy atom. The Hall–Kier alpha value is -3.56. The molecule has 1 aromatic carbocycles. The smallest absolute Gasteiger partial charge is 0.151 e. The molecular weight excluding hydrogens is 252 g/mol. The van der Waals surface area contributed by atoms with Crippen LogP contribution in [0.4, 0.5) is 5.82 Å². The molecule has 0 amide bonds. The maximum atomic E-state index is 9.06. The van der Waals surface area contributed by atoms with E-state index < -0.39 is 0 Å². The molecule has 0 aliphatic heterocycles. The molecule has 6 nitrogen and oxygen atoms in total. The number of benzene rings is 1. The maximum absolute atomic E-state index is 9.06. The number of hydrogen-bond donors (Lipinski definition) is 1. The van der Waals surface area contributed by atoms with E-state index in [1.165, 1.54) is 17.1 Å². The number of allylic oxidation sites excluding steroid dienone is 1. The molecule has 94 valence electrons. The fraction of sp³-hybridized carbons (Fsp3) is 0. The second-order valence-corrected chi connectivity index (χ2v) is 3.69. The fourth-order valence-corrected chi connectivity index (χ4v) is 1.56. The Labute approximate surface area is 115 Å². The third-order valence-electron chi connectivity index (χ3n) is 2.48. The molecule has 1 heterocycles. The number of nitrogens with zero attached hydrogens (tertiary/aromatic N) is 5. The molecule has 0 atom stereocenters. The number of para-hydroxylation sites is 1. The van der Waals surface area contributed by atoms with Gasteiger partial charge in [-0.15, -0.1) is 0 Å². The van der Waals surface area contributed by atoms with Gasteiger partial charge in [0.1, 0.15) is 29.3 Å². The molecule has 1 aromatic heterocycles. The van der Waals surface area contributed by atoms with Crippen molar-refractivity contribution in [1.82, 2.24) is 9.78 Å². The van der Waals surface area contributed by atoms with E-state index in [0.717, 1.165) is 5.69 Å². The van der Waals surface area contributed by atoms with E-state index in [4.69, 9.17) is 15.8 Å². The Morgan fingerprint density at radius 3 is 2.45 bits per heavy atom. The van der Waals surface area contributed by atoms with Gasteiger partial charge in [0.25, 0.3) is 0 Å². The molecular formula is C14H8N6. The molecule has 20 heavy (non-hydrogen) atoms. The molecule has 0 radical (unpaired) electrons. The van der Waals surface area contributed by atoms with E-state index in [0.29, 0.717) is 11.4 Å². The van der Waals surface area contributed by atoms with Crippen molar-refractivity contribution in [3.63, 3.8) is 0 Å². The summed E-state index contributed by atoms with van der Waals surface area (Å²) in [7, 11) is 0. The first kappa shape index (κ1) is 12.9. The average Bonchev–Trinajstić information content (AvgIpc) is 2.92. The number of nitriles is 3. The van der Waals surface area contributed by atoms with Crippen LogP contribution >= 0.6 is 0 Å². The standard InChI is InChI=1S/C14H8N6/c15-6-11(7-16)9-18-14-12(8-17)10-19-20(14)13-4-2-1-3-5-13/h1-5,9-10,18H. The predicted octanol–water partition coefficient (Wildman–Crippen LogP) is 2.09. The number of nitrogens with one attached hydrogen (secondary N) is 1. The van der Waals surface area contributed by atoms with E-state index >= 15 is 0 Å². The molecule has 0 unspecified atom stereocenters. The minimum atomic E-state index is -0.0882. The van der Waals surface area contributed by atoms with Crippen molar-refractivity contribution in [3.8, 4) is 23.9 Å². The summed E-state index contributed by atoms with van der Waals surface area (Å²) in [5, 5.41) is 33.4.